The first kappa shape index (κ1) is 24.6. The molecule has 0 atom stereocenters. The van der Waals surface area contributed by atoms with E-state index in [0.29, 0.717) is 33.6 Å². The highest BCUT2D eigenvalue weighted by Crippen LogP contribution is 2.28. The van der Waals surface area contributed by atoms with Crippen molar-refractivity contribution < 1.29 is 19.1 Å². The van der Waals surface area contributed by atoms with E-state index in [1.54, 1.807) is 27.9 Å². The predicted molar refractivity (Wildman–Crippen MR) is 128 cm³/mol. The summed E-state index contributed by atoms with van der Waals surface area (Å²) in [4.78, 5) is 28.3. The van der Waals surface area contributed by atoms with Gasteiger partial charge in [-0.1, -0.05) is 25.6 Å². The number of thioether (sulfide) groups is 1. The van der Waals surface area contributed by atoms with Gasteiger partial charge in [0.15, 0.2) is 16.8 Å². The summed E-state index contributed by atoms with van der Waals surface area (Å²) in [6, 6.07) is 7.66. The van der Waals surface area contributed by atoms with Gasteiger partial charge in [0, 0.05) is 17.8 Å². The summed E-state index contributed by atoms with van der Waals surface area (Å²) in [6.07, 6.45) is 0. The molecule has 9 heteroatoms. The van der Waals surface area contributed by atoms with Crippen LogP contribution in [0.25, 0.3) is 11.4 Å². The number of aryl methyl sites for hydroxylation is 1. The van der Waals surface area contributed by atoms with Crippen LogP contribution in [0.1, 0.15) is 52.9 Å². The molecule has 0 bridgehead atoms. The molecule has 3 rings (SSSR count). The first-order valence-corrected chi connectivity index (χ1v) is 11.8. The molecule has 1 aromatic carbocycles. The van der Waals surface area contributed by atoms with Gasteiger partial charge in [-0.25, -0.2) is 4.79 Å². The highest BCUT2D eigenvalue weighted by atomic mass is 32.2. The molecule has 0 aliphatic rings. The van der Waals surface area contributed by atoms with E-state index in [4.69, 9.17) is 9.47 Å². The number of ether oxygens (including phenoxy) is 2. The van der Waals surface area contributed by atoms with E-state index in [1.165, 1.54) is 11.8 Å². The number of aromatic amines is 1. The third kappa shape index (κ3) is 5.47. The third-order valence-electron chi connectivity index (χ3n) is 5.14. The number of aromatic nitrogens is 4. The lowest BCUT2D eigenvalue weighted by Crippen LogP contribution is -2.10. The number of ketones is 1. The van der Waals surface area contributed by atoms with Crippen LogP contribution in [0.15, 0.2) is 29.4 Å². The Morgan fingerprint density at radius 3 is 2.45 bits per heavy atom. The van der Waals surface area contributed by atoms with E-state index in [9.17, 15) is 9.59 Å². The van der Waals surface area contributed by atoms with Crippen LogP contribution in [0.2, 0.25) is 0 Å². The molecule has 1 N–H and O–H groups in total. The third-order valence-corrected chi connectivity index (χ3v) is 6.11. The zero-order valence-corrected chi connectivity index (χ0v) is 20.7. The van der Waals surface area contributed by atoms with Crippen molar-refractivity contribution in [3.05, 3.63) is 46.8 Å². The van der Waals surface area contributed by atoms with Crippen molar-refractivity contribution in [2.24, 2.45) is 5.92 Å². The predicted octanol–water partition coefficient (Wildman–Crippen LogP) is 4.71. The van der Waals surface area contributed by atoms with E-state index in [1.807, 2.05) is 28.8 Å². The van der Waals surface area contributed by atoms with Crippen molar-refractivity contribution in [1.29, 1.82) is 0 Å². The number of Topliss-reactive ketones (excluding diaryl/α,β-unsaturated/α-hetero) is 1. The second-order valence-corrected chi connectivity index (χ2v) is 9.04. The minimum atomic E-state index is -0.420. The van der Waals surface area contributed by atoms with Crippen LogP contribution in [-0.2, 0) is 11.3 Å². The number of nitrogens with one attached hydrogen (secondary N) is 1. The lowest BCUT2D eigenvalue weighted by atomic mass is 10.1. The zero-order chi connectivity index (χ0) is 24.1. The first-order chi connectivity index (χ1) is 15.8. The Balaban J connectivity index is 1.82. The van der Waals surface area contributed by atoms with E-state index in [0.717, 1.165) is 23.7 Å². The number of hydrogen-bond donors (Lipinski definition) is 1. The number of carbonyl (C=O) groups is 2. The largest absolute Gasteiger partial charge is 0.497 e. The lowest BCUT2D eigenvalue weighted by molar-refractivity contribution is 0.0525. The van der Waals surface area contributed by atoms with E-state index in [-0.39, 0.29) is 18.1 Å². The summed E-state index contributed by atoms with van der Waals surface area (Å²) in [7, 11) is 1.63. The second kappa shape index (κ2) is 10.7. The van der Waals surface area contributed by atoms with Crippen LogP contribution in [0.4, 0.5) is 0 Å². The molecule has 0 unspecified atom stereocenters. The second-order valence-electron chi connectivity index (χ2n) is 8.10. The molecule has 0 fully saturated rings. The van der Waals surface area contributed by atoms with Crippen molar-refractivity contribution in [1.82, 2.24) is 19.7 Å². The Labute approximate surface area is 198 Å². The Morgan fingerprint density at radius 2 is 1.85 bits per heavy atom. The monoisotopic (exact) mass is 470 g/mol. The Hall–Kier alpha value is -3.07. The van der Waals surface area contributed by atoms with Gasteiger partial charge < -0.3 is 19.0 Å². The molecule has 176 valence electrons. The summed E-state index contributed by atoms with van der Waals surface area (Å²) in [5.74, 6) is 1.53. The van der Waals surface area contributed by atoms with Gasteiger partial charge in [-0.3, -0.25) is 4.79 Å². The number of esters is 1. The van der Waals surface area contributed by atoms with Crippen molar-refractivity contribution >= 4 is 23.5 Å². The van der Waals surface area contributed by atoms with E-state index < -0.39 is 5.97 Å². The van der Waals surface area contributed by atoms with Gasteiger partial charge in [0.25, 0.3) is 0 Å². The molecule has 0 radical (unpaired) electrons. The van der Waals surface area contributed by atoms with Crippen LogP contribution in [-0.4, -0.2) is 51.0 Å². The molecule has 0 aliphatic heterocycles. The molecule has 0 amide bonds. The number of H-pyrrole nitrogens is 1. The minimum absolute atomic E-state index is 0.110. The molecule has 0 saturated carbocycles. The van der Waals surface area contributed by atoms with E-state index in [2.05, 4.69) is 29.0 Å². The fourth-order valence-electron chi connectivity index (χ4n) is 3.62. The fraction of sp³-hybridized carbons (Fsp3) is 0.417. The lowest BCUT2D eigenvalue weighted by Gasteiger charge is -2.12. The molecule has 0 spiro atoms. The van der Waals surface area contributed by atoms with Crippen LogP contribution >= 0.6 is 11.8 Å². The summed E-state index contributed by atoms with van der Waals surface area (Å²) in [5.41, 5.74) is 3.02. The van der Waals surface area contributed by atoms with Crippen molar-refractivity contribution in [2.75, 3.05) is 19.5 Å². The SMILES string of the molecule is CCOC(=O)c1c(C)[nH]c(C(=O)CSc2nnc(-c3ccc(OC)cc3)n2CC(C)C)c1C. The molecular weight excluding hydrogens is 440 g/mol. The highest BCUT2D eigenvalue weighted by Gasteiger charge is 2.24. The maximum atomic E-state index is 13.0. The Morgan fingerprint density at radius 1 is 1.15 bits per heavy atom. The van der Waals surface area contributed by atoms with Crippen LogP contribution in [0.5, 0.6) is 5.75 Å². The standard InChI is InChI=1S/C24H30N4O4S/c1-7-32-23(30)20-15(4)21(25-16(20)5)19(29)13-33-24-27-26-22(28(24)12-14(2)3)17-8-10-18(31-6)11-9-17/h8-11,14,25H,7,12-13H2,1-6H3. The molecule has 2 heterocycles. The topological polar surface area (TPSA) is 99.1 Å². The maximum Gasteiger partial charge on any atom is 0.340 e. The van der Waals surface area contributed by atoms with Gasteiger partial charge in [-0.05, 0) is 56.5 Å². The molecule has 33 heavy (non-hydrogen) atoms. The number of methoxy groups -OCH3 is 1. The zero-order valence-electron chi connectivity index (χ0n) is 19.9. The van der Waals surface area contributed by atoms with Gasteiger partial charge in [0.05, 0.1) is 30.7 Å². The number of nitrogens with zero attached hydrogens (tertiary/aromatic N) is 3. The maximum absolute atomic E-state index is 13.0. The molecule has 0 aliphatic carbocycles. The molecule has 8 nitrogen and oxygen atoms in total. The molecule has 0 saturated heterocycles. The summed E-state index contributed by atoms with van der Waals surface area (Å²) in [6.45, 7) is 10.5. The Bertz CT molecular complexity index is 1130. The quantitative estimate of drug-likeness (QED) is 0.260. The summed E-state index contributed by atoms with van der Waals surface area (Å²) < 4.78 is 12.4. The number of rotatable bonds is 10. The molecular formula is C24H30N4O4S. The average molecular weight is 471 g/mol. The number of carbonyl (C=O) groups excluding carboxylic acids is 2. The fourth-order valence-corrected chi connectivity index (χ4v) is 4.44. The molecule has 2 aromatic heterocycles. The van der Waals surface area contributed by atoms with Gasteiger partial charge in [0.1, 0.15) is 5.75 Å². The van der Waals surface area contributed by atoms with E-state index >= 15 is 0 Å². The van der Waals surface area contributed by atoms with Gasteiger partial charge in [-0.2, -0.15) is 0 Å². The van der Waals surface area contributed by atoms with Gasteiger partial charge in [0.2, 0.25) is 0 Å². The van der Waals surface area contributed by atoms with Crippen molar-refractivity contribution in [3.8, 4) is 17.1 Å². The van der Waals surface area contributed by atoms with Crippen molar-refractivity contribution in [3.63, 3.8) is 0 Å². The minimum Gasteiger partial charge on any atom is -0.497 e. The van der Waals surface area contributed by atoms with Crippen LogP contribution in [0.3, 0.4) is 0 Å². The number of benzene rings is 1. The van der Waals surface area contributed by atoms with Gasteiger partial charge in [-0.15, -0.1) is 10.2 Å². The smallest absolute Gasteiger partial charge is 0.340 e. The average Bonchev–Trinajstić information content (AvgIpc) is 3.31. The molecule has 3 aromatic rings. The first-order valence-electron chi connectivity index (χ1n) is 10.9. The van der Waals surface area contributed by atoms with Crippen molar-refractivity contribution in [2.45, 2.75) is 46.3 Å². The summed E-state index contributed by atoms with van der Waals surface area (Å²) >= 11 is 1.34. The Kier molecular flexibility index (Phi) is 7.97. The summed E-state index contributed by atoms with van der Waals surface area (Å²) in [5, 5.41) is 9.43. The van der Waals surface area contributed by atoms with Crippen LogP contribution < -0.4 is 4.74 Å². The van der Waals surface area contributed by atoms with Crippen LogP contribution in [0, 0.1) is 19.8 Å². The highest BCUT2D eigenvalue weighted by molar-refractivity contribution is 7.99. The van der Waals surface area contributed by atoms with Gasteiger partial charge >= 0.3 is 5.97 Å². The normalized spacial score (nSPS) is 11.1. The number of hydrogen-bond acceptors (Lipinski definition) is 7.